The van der Waals surface area contributed by atoms with Crippen molar-refractivity contribution in [2.24, 2.45) is 0 Å². The zero-order chi connectivity index (χ0) is 30.0. The standard InChI is InChI=1S/C30H35F3N6O3/c1-3-27(40)39-15-5-4-14-34-21(2)24-10-6-22(7-11-24)18-26-36-28(38-29(37-26)42-20-30(31,32)33)35-19-23-8-12-25(13-9-23)41-17-16-39/h6-13,34H,2-5,14-20H2,1H3,(H,35,36,37,38). The smallest absolute Gasteiger partial charge is 0.422 e. The molecule has 2 aromatic carbocycles. The Morgan fingerprint density at radius 2 is 1.74 bits per heavy atom. The number of benzene rings is 2. The molecule has 7 rings (SSSR count). The summed E-state index contributed by atoms with van der Waals surface area (Å²) in [6, 6.07) is 14.6. The number of carbonyl (C=O) groups is 1. The molecule has 2 N–H and O–H groups in total. The number of halogens is 3. The number of nitrogens with zero attached hydrogens (tertiary/aromatic N) is 4. The molecule has 224 valence electrons. The lowest BCUT2D eigenvalue weighted by Crippen LogP contribution is -2.35. The second-order valence-electron chi connectivity index (χ2n) is 9.83. The maximum atomic E-state index is 12.8. The molecule has 42 heavy (non-hydrogen) atoms. The van der Waals surface area contributed by atoms with Gasteiger partial charge in [-0.15, -0.1) is 0 Å². The number of aromatic nitrogens is 3. The molecule has 0 spiro atoms. The molecule has 4 aliphatic rings. The van der Waals surface area contributed by atoms with Crippen LogP contribution in [0.4, 0.5) is 19.1 Å². The first kappa shape index (κ1) is 30.6. The monoisotopic (exact) mass is 584 g/mol. The van der Waals surface area contributed by atoms with Gasteiger partial charge >= 0.3 is 12.2 Å². The van der Waals surface area contributed by atoms with Crippen LogP contribution in [0.2, 0.25) is 0 Å². The third kappa shape index (κ3) is 9.64. The number of amides is 1. The van der Waals surface area contributed by atoms with Gasteiger partial charge in [0.1, 0.15) is 18.2 Å². The number of hydrogen-bond acceptors (Lipinski definition) is 8. The van der Waals surface area contributed by atoms with Crippen LogP contribution in [0.1, 0.15) is 48.7 Å². The molecule has 0 saturated carbocycles. The minimum atomic E-state index is -4.53. The van der Waals surface area contributed by atoms with Gasteiger partial charge in [-0.3, -0.25) is 4.79 Å². The van der Waals surface area contributed by atoms with E-state index >= 15 is 0 Å². The first-order valence-corrected chi connectivity index (χ1v) is 13.9. The second kappa shape index (κ2) is 14.5. The summed E-state index contributed by atoms with van der Waals surface area (Å²) in [5.41, 5.74) is 3.41. The first-order chi connectivity index (χ1) is 20.2. The van der Waals surface area contributed by atoms with Gasteiger partial charge in [-0.2, -0.15) is 28.1 Å². The molecule has 0 radical (unpaired) electrons. The Balaban J connectivity index is 1.54. The number of anilines is 1. The summed E-state index contributed by atoms with van der Waals surface area (Å²) in [5.74, 6) is 1.12. The molecule has 1 aromatic heterocycles. The SMILES string of the molecule is C=C1NCCCCN(C(=O)CC)CCOc2ccc(cc2)CNc2nc(nc(OCC(F)(F)F)n2)Cc2ccc1cc2. The highest BCUT2D eigenvalue weighted by Gasteiger charge is 2.29. The molecular weight excluding hydrogens is 549 g/mol. The number of nitrogens with one attached hydrogen (secondary N) is 2. The summed E-state index contributed by atoms with van der Waals surface area (Å²) < 4.78 is 49.1. The van der Waals surface area contributed by atoms with E-state index in [2.05, 4.69) is 32.2 Å². The van der Waals surface area contributed by atoms with Gasteiger partial charge in [-0.25, -0.2) is 0 Å². The second-order valence-corrected chi connectivity index (χ2v) is 9.83. The van der Waals surface area contributed by atoms with E-state index < -0.39 is 18.8 Å². The lowest BCUT2D eigenvalue weighted by molar-refractivity contribution is -0.154. The molecule has 0 saturated heterocycles. The third-order valence-electron chi connectivity index (χ3n) is 6.54. The fraction of sp³-hybridized carbons (Fsp3) is 0.400. The molecule has 4 aliphatic heterocycles. The van der Waals surface area contributed by atoms with Gasteiger partial charge in [0.25, 0.3) is 0 Å². The van der Waals surface area contributed by atoms with Crippen LogP contribution in [0.15, 0.2) is 55.1 Å². The quantitative estimate of drug-likeness (QED) is 0.444. The highest BCUT2D eigenvalue weighted by atomic mass is 19.4. The number of ether oxygens (including phenoxy) is 2. The minimum absolute atomic E-state index is 0.0902. The van der Waals surface area contributed by atoms with Crippen molar-refractivity contribution in [3.05, 3.63) is 77.6 Å². The van der Waals surface area contributed by atoms with Crippen LogP contribution in [0.25, 0.3) is 5.70 Å². The van der Waals surface area contributed by atoms with Crippen molar-refractivity contribution in [3.8, 4) is 11.8 Å². The normalized spacial score (nSPS) is 15.2. The van der Waals surface area contributed by atoms with E-state index in [0.717, 1.165) is 35.2 Å². The zero-order valence-corrected chi connectivity index (χ0v) is 23.5. The Morgan fingerprint density at radius 1 is 1.00 bits per heavy atom. The lowest BCUT2D eigenvalue weighted by atomic mass is 10.1. The number of hydrogen-bond donors (Lipinski definition) is 2. The summed E-state index contributed by atoms with van der Waals surface area (Å²) in [6.45, 7) is 6.99. The highest BCUT2D eigenvalue weighted by molar-refractivity contribution is 5.75. The van der Waals surface area contributed by atoms with Crippen LogP contribution in [0.5, 0.6) is 11.8 Å². The topological polar surface area (TPSA) is 102 Å². The molecule has 12 heteroatoms. The van der Waals surface area contributed by atoms with Gasteiger partial charge in [0.05, 0.1) is 6.54 Å². The van der Waals surface area contributed by atoms with Crippen molar-refractivity contribution >= 4 is 17.6 Å². The van der Waals surface area contributed by atoms with Gasteiger partial charge in [0.2, 0.25) is 11.9 Å². The van der Waals surface area contributed by atoms with Crippen LogP contribution in [0, 0.1) is 0 Å². The Bertz CT molecular complexity index is 1330. The van der Waals surface area contributed by atoms with E-state index in [0.29, 0.717) is 45.0 Å². The van der Waals surface area contributed by atoms with E-state index in [1.54, 1.807) is 0 Å². The molecule has 0 atom stereocenters. The van der Waals surface area contributed by atoms with Gasteiger partial charge < -0.3 is 25.0 Å². The minimum Gasteiger partial charge on any atom is -0.492 e. The molecule has 5 heterocycles. The van der Waals surface area contributed by atoms with Crippen molar-refractivity contribution in [3.63, 3.8) is 0 Å². The van der Waals surface area contributed by atoms with Crippen LogP contribution in [0.3, 0.4) is 0 Å². The average Bonchev–Trinajstić information content (AvgIpc) is 2.97. The predicted molar refractivity (Wildman–Crippen MR) is 153 cm³/mol. The number of carbonyl (C=O) groups excluding carboxylic acids is 1. The Kier molecular flexibility index (Phi) is 10.6. The molecule has 0 aliphatic carbocycles. The van der Waals surface area contributed by atoms with Crippen molar-refractivity contribution < 1.29 is 27.4 Å². The first-order valence-electron chi connectivity index (χ1n) is 13.9. The van der Waals surface area contributed by atoms with Gasteiger partial charge in [0.15, 0.2) is 6.61 Å². The Labute approximate surface area is 243 Å². The maximum absolute atomic E-state index is 12.8. The Hall–Kier alpha value is -4.35. The molecule has 9 nitrogen and oxygen atoms in total. The Morgan fingerprint density at radius 3 is 2.45 bits per heavy atom. The molecule has 0 unspecified atom stereocenters. The van der Waals surface area contributed by atoms with Gasteiger partial charge in [-0.05, 0) is 41.7 Å². The molecule has 3 aromatic rings. The summed E-state index contributed by atoms with van der Waals surface area (Å²) in [6.07, 6.45) is -2.13. The number of alkyl halides is 3. The summed E-state index contributed by atoms with van der Waals surface area (Å²) in [7, 11) is 0. The van der Waals surface area contributed by atoms with Crippen molar-refractivity contribution in [1.29, 1.82) is 0 Å². The van der Waals surface area contributed by atoms with Crippen LogP contribution in [-0.4, -0.2) is 64.8 Å². The van der Waals surface area contributed by atoms with Crippen molar-refractivity contribution in [2.75, 3.05) is 38.2 Å². The third-order valence-corrected chi connectivity index (χ3v) is 6.54. The van der Waals surface area contributed by atoms with Crippen LogP contribution < -0.4 is 20.1 Å². The van der Waals surface area contributed by atoms with Gasteiger partial charge in [-0.1, -0.05) is 49.9 Å². The maximum Gasteiger partial charge on any atom is 0.422 e. The average molecular weight is 585 g/mol. The van der Waals surface area contributed by atoms with E-state index in [9.17, 15) is 18.0 Å². The highest BCUT2D eigenvalue weighted by Crippen LogP contribution is 2.20. The summed E-state index contributed by atoms with van der Waals surface area (Å²) >= 11 is 0. The molecular formula is C30H35F3N6O3. The summed E-state index contributed by atoms with van der Waals surface area (Å²) in [5, 5.41) is 6.38. The van der Waals surface area contributed by atoms with Crippen molar-refractivity contribution in [1.82, 2.24) is 25.2 Å². The summed E-state index contributed by atoms with van der Waals surface area (Å²) in [4.78, 5) is 26.8. The number of rotatable bonds is 3. The molecule has 6 bridgehead atoms. The van der Waals surface area contributed by atoms with E-state index in [-0.39, 0.29) is 24.1 Å². The van der Waals surface area contributed by atoms with E-state index in [1.807, 2.05) is 60.4 Å². The predicted octanol–water partition coefficient (Wildman–Crippen LogP) is 4.99. The molecule has 1 amide bonds. The fourth-order valence-corrected chi connectivity index (χ4v) is 4.29. The van der Waals surface area contributed by atoms with E-state index in [4.69, 9.17) is 9.47 Å². The van der Waals surface area contributed by atoms with E-state index in [1.165, 1.54) is 0 Å². The largest absolute Gasteiger partial charge is 0.492 e. The molecule has 0 fully saturated rings. The zero-order valence-electron chi connectivity index (χ0n) is 23.5. The van der Waals surface area contributed by atoms with Crippen LogP contribution >= 0.6 is 0 Å². The van der Waals surface area contributed by atoms with Crippen LogP contribution in [-0.2, 0) is 17.8 Å². The lowest BCUT2D eigenvalue weighted by Gasteiger charge is -2.22. The van der Waals surface area contributed by atoms with Gasteiger partial charge in [0, 0.05) is 38.2 Å². The fourth-order valence-electron chi connectivity index (χ4n) is 4.29. The van der Waals surface area contributed by atoms with Crippen molar-refractivity contribution in [2.45, 2.75) is 45.3 Å².